The normalized spacial score (nSPS) is 26.4. The van der Waals surface area contributed by atoms with Crippen LogP contribution in [0.2, 0.25) is 0 Å². The minimum Gasteiger partial charge on any atom is -0.271 e. The van der Waals surface area contributed by atoms with Crippen LogP contribution >= 0.6 is 0 Å². The number of hydrogen-bond donors (Lipinski definition) is 0. The van der Waals surface area contributed by atoms with Crippen LogP contribution in [0.3, 0.4) is 0 Å². The van der Waals surface area contributed by atoms with Gasteiger partial charge >= 0.3 is 0 Å². The van der Waals surface area contributed by atoms with Crippen LogP contribution in [-0.2, 0) is 14.3 Å². The Kier molecular flexibility index (Phi) is 0.799. The van der Waals surface area contributed by atoms with Crippen LogP contribution in [0, 0.1) is 0 Å². The molecule has 1 atom stereocenters. The third-order valence-corrected chi connectivity index (χ3v) is 0.669. The second-order valence-corrected chi connectivity index (χ2v) is 2.52. The van der Waals surface area contributed by atoms with E-state index in [1.807, 2.05) is 0 Å². The third kappa shape index (κ3) is 5.91. The Morgan fingerprint density at radius 3 is 2.71 bits per heavy atom. The molecule has 0 rings (SSSR count). The summed E-state index contributed by atoms with van der Waals surface area (Å²) in [5.74, 6) is 0. The van der Waals surface area contributed by atoms with Crippen LogP contribution in [0.1, 0.15) is 12.3 Å². The fraction of sp³-hybridized carbons (Fsp3) is 1.00. The van der Waals surface area contributed by atoms with Crippen molar-refractivity contribution in [1.82, 2.24) is 0 Å². The summed E-state index contributed by atoms with van der Waals surface area (Å²) >= 11 is 0. The Labute approximate surface area is 49.0 Å². The van der Waals surface area contributed by atoms with Crippen molar-refractivity contribution in [1.29, 1.82) is 0 Å². The topological polar surface area (TPSA) is 43.4 Å². The van der Waals surface area contributed by atoms with Gasteiger partial charge in [0.05, 0.1) is 14.2 Å². The first-order chi connectivity index (χ1) is 4.63. The van der Waals surface area contributed by atoms with Crippen LogP contribution in [0.4, 0.5) is 0 Å². The van der Waals surface area contributed by atoms with Gasteiger partial charge in [0.15, 0.2) is 0 Å². The maximum absolute atomic E-state index is 10.3. The quantitative estimate of drug-likeness (QED) is 0.491. The van der Waals surface area contributed by atoms with Crippen molar-refractivity contribution in [2.75, 3.05) is 12.8 Å². The molecule has 0 saturated heterocycles. The van der Waals surface area contributed by atoms with Crippen molar-refractivity contribution in [2.24, 2.45) is 0 Å². The molecule has 0 saturated carbocycles. The smallest absolute Gasteiger partial charge is 0.264 e. The minimum atomic E-state index is -3.85. The second kappa shape index (κ2) is 2.28. The lowest BCUT2D eigenvalue weighted by Gasteiger charge is -1.90. The molecule has 0 aromatic carbocycles. The highest BCUT2D eigenvalue weighted by atomic mass is 32.2. The van der Waals surface area contributed by atoms with Gasteiger partial charge in [0.25, 0.3) is 10.1 Å². The highest BCUT2D eigenvalue weighted by Crippen LogP contribution is 1.81. The monoisotopic (exact) mass is 128 g/mol. The van der Waals surface area contributed by atoms with Gasteiger partial charge in [-0.05, 0) is 6.85 Å². The first-order valence-corrected chi connectivity index (χ1v) is 3.25. The summed E-state index contributed by atoms with van der Waals surface area (Å²) < 4.78 is 50.9. The summed E-state index contributed by atoms with van der Waals surface area (Å²) in [6.07, 6.45) is 0.695. The van der Waals surface area contributed by atoms with Gasteiger partial charge in [-0.2, -0.15) is 8.42 Å². The molecular formula is C3H8O3S. The van der Waals surface area contributed by atoms with Crippen molar-refractivity contribution in [3.05, 3.63) is 0 Å². The fourth-order valence-electron chi connectivity index (χ4n) is 0.0874. The molecule has 0 radical (unpaired) electrons. The molecule has 0 aromatic heterocycles. The number of rotatable bonds is 2. The predicted octanol–water partition coefficient (Wildman–Crippen LogP) is -0.0175. The summed E-state index contributed by atoms with van der Waals surface area (Å²) in [5, 5.41) is 0. The highest BCUT2D eigenvalue weighted by Gasteiger charge is 1.94. The van der Waals surface area contributed by atoms with E-state index in [1.165, 1.54) is 0 Å². The molecule has 0 spiro atoms. The van der Waals surface area contributed by atoms with Gasteiger partial charge < -0.3 is 0 Å². The van der Waals surface area contributed by atoms with Gasteiger partial charge in [-0.25, -0.2) is 0 Å². The molecule has 0 aliphatic rings. The van der Waals surface area contributed by atoms with E-state index in [4.69, 9.17) is 5.48 Å². The molecule has 44 valence electrons. The molecule has 0 bridgehead atoms. The third-order valence-electron chi connectivity index (χ3n) is 0.223. The van der Waals surface area contributed by atoms with E-state index < -0.39 is 23.6 Å². The molecule has 0 aromatic rings. The van der Waals surface area contributed by atoms with Gasteiger partial charge in [-0.3, -0.25) is 4.18 Å². The average molecular weight is 128 g/mol. The number of hydrogen-bond acceptors (Lipinski definition) is 3. The average Bonchev–Trinajstić information content (AvgIpc) is 1.56. The van der Waals surface area contributed by atoms with Gasteiger partial charge in [0, 0.05) is 4.11 Å². The Hall–Kier alpha value is -0.0900. The summed E-state index contributed by atoms with van der Waals surface area (Å²) in [6, 6.07) is 0. The minimum absolute atomic E-state index is 0.695. The molecule has 1 unspecified atom stereocenters. The zero-order valence-electron chi connectivity index (χ0n) is 7.71. The fourth-order valence-corrected chi connectivity index (χ4v) is 0.262. The molecule has 3 nitrogen and oxygen atoms in total. The highest BCUT2D eigenvalue weighted by molar-refractivity contribution is 7.85. The Bertz CT molecular complexity index is 217. The Morgan fingerprint density at radius 1 is 2.00 bits per heavy atom. The molecule has 0 aliphatic carbocycles. The van der Waals surface area contributed by atoms with Crippen LogP contribution < -0.4 is 0 Å². The van der Waals surface area contributed by atoms with Crippen molar-refractivity contribution in [2.45, 2.75) is 6.85 Å². The van der Waals surface area contributed by atoms with E-state index in [0.717, 1.165) is 0 Å². The maximum atomic E-state index is 10.3. The van der Waals surface area contributed by atoms with Crippen molar-refractivity contribution in [3.63, 3.8) is 0 Å². The SMILES string of the molecule is [2H]C(OS(C)(=O)=O)C([2H])([2H])[2H]. The van der Waals surface area contributed by atoms with Crippen LogP contribution in [0.5, 0.6) is 0 Å². The van der Waals surface area contributed by atoms with E-state index in [9.17, 15) is 8.42 Å². The maximum Gasteiger partial charge on any atom is 0.264 e. The summed E-state index contributed by atoms with van der Waals surface area (Å²) in [4.78, 5) is 0. The zero-order chi connectivity index (χ0) is 9.28. The van der Waals surface area contributed by atoms with Crippen LogP contribution in [0.25, 0.3) is 0 Å². The molecule has 0 heterocycles. The molecule has 4 heteroatoms. The lowest BCUT2D eigenvalue weighted by atomic mass is 10.9. The second-order valence-electron chi connectivity index (χ2n) is 0.918. The van der Waals surface area contributed by atoms with Gasteiger partial charge in [-0.1, -0.05) is 0 Å². The zero-order valence-corrected chi connectivity index (χ0v) is 4.53. The van der Waals surface area contributed by atoms with E-state index in [1.54, 1.807) is 0 Å². The molecular weight excluding hydrogens is 116 g/mol. The lowest BCUT2D eigenvalue weighted by molar-refractivity contribution is 0.342. The summed E-state index contributed by atoms with van der Waals surface area (Å²) in [7, 11) is -3.85. The van der Waals surface area contributed by atoms with Gasteiger partial charge in [-0.15, -0.1) is 0 Å². The van der Waals surface area contributed by atoms with E-state index >= 15 is 0 Å². The largest absolute Gasteiger partial charge is 0.271 e. The Balaban J connectivity index is 4.21. The van der Waals surface area contributed by atoms with Crippen molar-refractivity contribution in [3.8, 4) is 0 Å². The summed E-state index contributed by atoms with van der Waals surface area (Å²) in [6.45, 7) is -4.75. The van der Waals surface area contributed by atoms with Crippen LogP contribution in [0.15, 0.2) is 0 Å². The van der Waals surface area contributed by atoms with E-state index in [2.05, 4.69) is 4.18 Å². The molecule has 0 aliphatic heterocycles. The van der Waals surface area contributed by atoms with E-state index in [0.29, 0.717) is 6.26 Å². The molecule has 7 heavy (non-hydrogen) atoms. The predicted molar refractivity (Wildman–Crippen MR) is 26.5 cm³/mol. The summed E-state index contributed by atoms with van der Waals surface area (Å²) in [5.41, 5.74) is 0. The molecule has 0 N–H and O–H groups in total. The van der Waals surface area contributed by atoms with Gasteiger partial charge in [0.2, 0.25) is 0 Å². The lowest BCUT2D eigenvalue weighted by Crippen LogP contribution is -2.00. The van der Waals surface area contributed by atoms with Gasteiger partial charge in [0.1, 0.15) is 0 Å². The first-order valence-electron chi connectivity index (χ1n) is 3.51. The van der Waals surface area contributed by atoms with Crippen molar-refractivity contribution < 1.29 is 18.1 Å². The Morgan fingerprint density at radius 2 is 2.57 bits per heavy atom. The standard InChI is InChI=1S/C3H8O3S/c1-3-6-7(2,4)5/h3H2,1-2H3/i1D3,3D. The van der Waals surface area contributed by atoms with Crippen LogP contribution in [-0.4, -0.2) is 21.3 Å². The van der Waals surface area contributed by atoms with E-state index in [-0.39, 0.29) is 0 Å². The van der Waals surface area contributed by atoms with Crippen molar-refractivity contribution >= 4 is 10.1 Å². The first kappa shape index (κ1) is 2.46. The molecule has 0 amide bonds. The molecule has 0 fully saturated rings.